The zero-order valence-electron chi connectivity index (χ0n) is 25.7. The Hall–Kier alpha value is -6.70. The molecule has 48 heavy (non-hydrogen) atoms. The van der Waals surface area contributed by atoms with E-state index >= 15 is 0 Å². The average molecular weight is 612 g/mol. The fraction of sp³-hybridized carbons (Fsp3) is 0. The molecule has 4 nitrogen and oxygen atoms in total. The Labute approximate surface area is 275 Å². The van der Waals surface area contributed by atoms with Gasteiger partial charge < -0.3 is 8.98 Å². The second-order valence-electron chi connectivity index (χ2n) is 12.2. The molecule has 0 radical (unpaired) electrons. The SMILES string of the molecule is [C-]#[N+]c1ccc2c(c1)c1cc(-c3c4ccccc4c(-c4ccccn4)c4ccccc34)ccc1n2-c1ccc2oc3ccccc3c2c1. The van der Waals surface area contributed by atoms with Gasteiger partial charge in [-0.25, -0.2) is 4.85 Å². The zero-order valence-corrected chi connectivity index (χ0v) is 25.7. The highest BCUT2D eigenvalue weighted by Crippen LogP contribution is 2.45. The van der Waals surface area contributed by atoms with Crippen molar-refractivity contribution >= 4 is 71.0 Å². The van der Waals surface area contributed by atoms with E-state index in [-0.39, 0.29) is 0 Å². The molecule has 0 aliphatic carbocycles. The van der Waals surface area contributed by atoms with Crippen LogP contribution in [0, 0.1) is 6.57 Å². The molecule has 0 unspecified atom stereocenters. The molecule has 0 aliphatic heterocycles. The van der Waals surface area contributed by atoms with E-state index in [1.807, 2.05) is 48.7 Å². The zero-order chi connectivity index (χ0) is 31.8. The molecule has 3 aromatic heterocycles. The highest BCUT2D eigenvalue weighted by Gasteiger charge is 2.20. The van der Waals surface area contributed by atoms with Crippen molar-refractivity contribution in [1.82, 2.24) is 9.55 Å². The molecule has 0 fully saturated rings. The standard InChI is InChI=1S/C44H25N3O/c1-45-28-18-21-40-36(25-28)35-24-27(17-20-39(35)47(40)29-19-22-42-37(26-29)30-10-6-7-16-41(30)48-42)43-31-11-2-4-13-33(31)44(38-15-8-9-23-46-38)34-14-5-3-12-32(34)43/h2-26H. The molecule has 0 spiro atoms. The molecule has 0 saturated carbocycles. The fourth-order valence-electron chi connectivity index (χ4n) is 7.59. The van der Waals surface area contributed by atoms with Gasteiger partial charge in [0, 0.05) is 33.6 Å². The second-order valence-corrected chi connectivity index (χ2v) is 12.2. The van der Waals surface area contributed by atoms with Crippen molar-refractivity contribution in [2.24, 2.45) is 0 Å². The highest BCUT2D eigenvalue weighted by atomic mass is 16.3. The summed E-state index contributed by atoms with van der Waals surface area (Å²) in [5.74, 6) is 0. The Morgan fingerprint density at radius 1 is 0.500 bits per heavy atom. The maximum atomic E-state index is 7.80. The molecule has 0 N–H and O–H groups in total. The van der Waals surface area contributed by atoms with Crippen molar-refractivity contribution in [3.05, 3.63) is 163 Å². The Morgan fingerprint density at radius 3 is 1.83 bits per heavy atom. The number of hydrogen-bond donors (Lipinski definition) is 0. The summed E-state index contributed by atoms with van der Waals surface area (Å²) in [5, 5.41) is 9.03. The molecule has 0 atom stereocenters. The van der Waals surface area contributed by atoms with Gasteiger partial charge in [-0.2, -0.15) is 0 Å². The summed E-state index contributed by atoms with van der Waals surface area (Å²) in [5.41, 5.74) is 9.99. The number of hydrogen-bond acceptors (Lipinski definition) is 2. The lowest BCUT2D eigenvalue weighted by Crippen LogP contribution is -1.94. The van der Waals surface area contributed by atoms with Gasteiger partial charge in [0.1, 0.15) is 11.2 Å². The van der Waals surface area contributed by atoms with Crippen molar-refractivity contribution in [3.8, 4) is 28.1 Å². The summed E-state index contributed by atoms with van der Waals surface area (Å²) < 4.78 is 8.46. The lowest BCUT2D eigenvalue weighted by atomic mass is 9.87. The fourth-order valence-corrected chi connectivity index (χ4v) is 7.59. The molecule has 10 aromatic rings. The molecule has 3 heterocycles. The Kier molecular flexibility index (Phi) is 5.61. The van der Waals surface area contributed by atoms with Crippen LogP contribution in [0.5, 0.6) is 0 Å². The first-order valence-corrected chi connectivity index (χ1v) is 16.0. The maximum Gasteiger partial charge on any atom is 0.188 e. The van der Waals surface area contributed by atoms with Crippen LogP contribution < -0.4 is 0 Å². The van der Waals surface area contributed by atoms with Crippen LogP contribution in [-0.2, 0) is 0 Å². The van der Waals surface area contributed by atoms with Crippen LogP contribution in [0.25, 0.3) is 98.2 Å². The van der Waals surface area contributed by atoms with E-state index in [1.165, 1.54) is 27.1 Å². The molecule has 4 heteroatoms. The van der Waals surface area contributed by atoms with E-state index in [4.69, 9.17) is 16.0 Å². The van der Waals surface area contributed by atoms with E-state index in [0.717, 1.165) is 66.3 Å². The Bertz CT molecular complexity index is 2900. The summed E-state index contributed by atoms with van der Waals surface area (Å²) >= 11 is 0. The lowest BCUT2D eigenvalue weighted by molar-refractivity contribution is 0.669. The number of pyridine rings is 1. The van der Waals surface area contributed by atoms with Gasteiger partial charge in [0.25, 0.3) is 0 Å². The highest BCUT2D eigenvalue weighted by molar-refractivity contribution is 6.22. The van der Waals surface area contributed by atoms with Gasteiger partial charge in [0.15, 0.2) is 5.69 Å². The van der Waals surface area contributed by atoms with Crippen LogP contribution in [0.1, 0.15) is 0 Å². The first-order chi connectivity index (χ1) is 23.8. The molecule has 222 valence electrons. The number of para-hydroxylation sites is 1. The lowest BCUT2D eigenvalue weighted by Gasteiger charge is -2.17. The summed E-state index contributed by atoms with van der Waals surface area (Å²) in [4.78, 5) is 8.57. The summed E-state index contributed by atoms with van der Waals surface area (Å²) in [7, 11) is 0. The minimum absolute atomic E-state index is 0.624. The first kappa shape index (κ1) is 26.5. The maximum absolute atomic E-state index is 7.80. The molecular formula is C44H25N3O. The number of nitrogens with zero attached hydrogens (tertiary/aromatic N) is 3. The van der Waals surface area contributed by atoms with E-state index in [2.05, 4.69) is 113 Å². The minimum atomic E-state index is 0.624. The van der Waals surface area contributed by atoms with Gasteiger partial charge in [-0.3, -0.25) is 4.98 Å². The quantitative estimate of drug-likeness (QED) is 0.147. The summed E-state index contributed by atoms with van der Waals surface area (Å²) in [6, 6.07) is 50.8. The van der Waals surface area contributed by atoms with Crippen molar-refractivity contribution in [2.75, 3.05) is 0 Å². The Morgan fingerprint density at radius 2 is 1.12 bits per heavy atom. The molecule has 10 rings (SSSR count). The number of fused-ring (bicyclic) bond motifs is 8. The third kappa shape index (κ3) is 3.79. The predicted octanol–water partition coefficient (Wildman–Crippen LogP) is 12.3. The normalized spacial score (nSPS) is 11.7. The minimum Gasteiger partial charge on any atom is -0.456 e. The summed E-state index contributed by atoms with van der Waals surface area (Å²) in [6.45, 7) is 7.80. The van der Waals surface area contributed by atoms with Crippen molar-refractivity contribution in [2.45, 2.75) is 0 Å². The van der Waals surface area contributed by atoms with Crippen LogP contribution in [0.3, 0.4) is 0 Å². The second kappa shape index (κ2) is 10.2. The van der Waals surface area contributed by atoms with Crippen LogP contribution in [0.15, 0.2) is 156 Å². The molecule has 0 aliphatic rings. The number of furan rings is 1. The third-order valence-electron chi connectivity index (χ3n) is 9.64. The van der Waals surface area contributed by atoms with Crippen LogP contribution in [0.4, 0.5) is 5.69 Å². The smallest absolute Gasteiger partial charge is 0.188 e. The monoisotopic (exact) mass is 611 g/mol. The molecule has 7 aromatic carbocycles. The van der Waals surface area contributed by atoms with Gasteiger partial charge in [-0.05, 0) is 98.7 Å². The Balaban J connectivity index is 1.28. The first-order valence-electron chi connectivity index (χ1n) is 16.0. The number of benzene rings is 7. The topological polar surface area (TPSA) is 35.3 Å². The van der Waals surface area contributed by atoms with Crippen LogP contribution in [0.2, 0.25) is 0 Å². The van der Waals surface area contributed by atoms with Gasteiger partial charge >= 0.3 is 0 Å². The third-order valence-corrected chi connectivity index (χ3v) is 9.64. The van der Waals surface area contributed by atoms with E-state index in [0.29, 0.717) is 5.69 Å². The van der Waals surface area contributed by atoms with Gasteiger partial charge in [-0.1, -0.05) is 84.9 Å². The number of rotatable bonds is 3. The van der Waals surface area contributed by atoms with Gasteiger partial charge in [0.2, 0.25) is 0 Å². The number of aromatic nitrogens is 2. The molecule has 0 amide bonds. The molecular weight excluding hydrogens is 587 g/mol. The van der Waals surface area contributed by atoms with Gasteiger partial charge in [-0.15, -0.1) is 0 Å². The predicted molar refractivity (Wildman–Crippen MR) is 198 cm³/mol. The van der Waals surface area contributed by atoms with E-state index in [9.17, 15) is 0 Å². The van der Waals surface area contributed by atoms with Crippen molar-refractivity contribution in [1.29, 1.82) is 0 Å². The summed E-state index contributed by atoms with van der Waals surface area (Å²) in [6.07, 6.45) is 1.86. The van der Waals surface area contributed by atoms with E-state index in [1.54, 1.807) is 0 Å². The van der Waals surface area contributed by atoms with E-state index < -0.39 is 0 Å². The largest absolute Gasteiger partial charge is 0.456 e. The van der Waals surface area contributed by atoms with Crippen LogP contribution in [-0.4, -0.2) is 9.55 Å². The van der Waals surface area contributed by atoms with Gasteiger partial charge in [0.05, 0.1) is 23.3 Å². The van der Waals surface area contributed by atoms with Crippen molar-refractivity contribution < 1.29 is 4.42 Å². The van der Waals surface area contributed by atoms with Crippen LogP contribution >= 0.6 is 0 Å². The average Bonchev–Trinajstić information content (AvgIpc) is 3.68. The molecule has 0 saturated heterocycles. The molecule has 0 bridgehead atoms. The van der Waals surface area contributed by atoms with Crippen molar-refractivity contribution in [3.63, 3.8) is 0 Å².